The van der Waals surface area contributed by atoms with Gasteiger partial charge in [-0.3, -0.25) is 0 Å². The quantitative estimate of drug-likeness (QED) is 0.372. The Hall–Kier alpha value is -3.78. The molecule has 0 radical (unpaired) electrons. The maximum atomic E-state index is 5.20. The molecule has 2 heteroatoms. The number of hydrogen-bond donors (Lipinski definition) is 0. The second-order valence-electron chi connectivity index (χ2n) is 8.16. The number of benzene rings is 4. The maximum absolute atomic E-state index is 5.20. The average Bonchev–Trinajstić information content (AvgIpc) is 3.38. The molecule has 0 fully saturated rings. The largest absolute Gasteiger partial charge is 0.249 e. The van der Waals surface area contributed by atoms with Crippen molar-refractivity contribution in [2.45, 2.75) is 12.3 Å². The third-order valence-electron chi connectivity index (χ3n) is 6.55. The van der Waals surface area contributed by atoms with Crippen LogP contribution in [0.4, 0.5) is 11.4 Å². The molecular weight excluding hydrogens is 364 g/mol. The molecule has 140 valence electrons. The summed E-state index contributed by atoms with van der Waals surface area (Å²) in [6.07, 6.45) is 5.52. The number of nitrogens with zero attached hydrogens (tertiary/aromatic N) is 2. The SMILES string of the molecule is C1=CC2=c3ccc4c(c3N=C2C(c2ccccc2)C1)N=c1ccc2ccccc2c1=4. The molecule has 4 aromatic carbocycles. The molecule has 30 heavy (non-hydrogen) atoms. The average molecular weight is 382 g/mol. The molecule has 1 atom stereocenters. The van der Waals surface area contributed by atoms with Gasteiger partial charge in [0.25, 0.3) is 0 Å². The molecule has 0 spiro atoms. The minimum atomic E-state index is 0.304. The summed E-state index contributed by atoms with van der Waals surface area (Å²) in [5, 5.41) is 7.20. The number of hydrogen-bond acceptors (Lipinski definition) is 2. The first kappa shape index (κ1) is 16.1. The fourth-order valence-corrected chi connectivity index (χ4v) is 5.15. The van der Waals surface area contributed by atoms with Crippen LogP contribution in [0.15, 0.2) is 101 Å². The molecule has 4 aromatic rings. The number of allylic oxidation sites excluding steroid dienone is 2. The summed E-state index contributed by atoms with van der Waals surface area (Å²) in [7, 11) is 0. The van der Waals surface area contributed by atoms with Crippen LogP contribution >= 0.6 is 0 Å². The van der Waals surface area contributed by atoms with Crippen LogP contribution in [0.25, 0.3) is 16.3 Å². The van der Waals surface area contributed by atoms with Gasteiger partial charge >= 0.3 is 0 Å². The zero-order valence-electron chi connectivity index (χ0n) is 16.3. The van der Waals surface area contributed by atoms with Crippen molar-refractivity contribution in [2.75, 3.05) is 0 Å². The Morgan fingerprint density at radius 3 is 2.43 bits per heavy atom. The van der Waals surface area contributed by atoms with Crippen LogP contribution in [-0.4, -0.2) is 5.71 Å². The number of aliphatic imine (C=N–C) groups is 1. The van der Waals surface area contributed by atoms with Gasteiger partial charge in [0.2, 0.25) is 0 Å². The van der Waals surface area contributed by atoms with E-state index in [1.54, 1.807) is 0 Å². The van der Waals surface area contributed by atoms with E-state index in [0.717, 1.165) is 23.2 Å². The van der Waals surface area contributed by atoms with E-state index < -0.39 is 0 Å². The Kier molecular flexibility index (Phi) is 3.14. The van der Waals surface area contributed by atoms with Crippen LogP contribution in [0.3, 0.4) is 0 Å². The van der Waals surface area contributed by atoms with E-state index in [2.05, 4.69) is 91.0 Å². The van der Waals surface area contributed by atoms with E-state index in [1.165, 1.54) is 43.3 Å². The molecule has 1 aliphatic carbocycles. The van der Waals surface area contributed by atoms with Crippen LogP contribution in [0.2, 0.25) is 0 Å². The van der Waals surface area contributed by atoms with Gasteiger partial charge in [0, 0.05) is 27.1 Å². The molecule has 0 saturated heterocycles. The predicted octanol–water partition coefficient (Wildman–Crippen LogP) is 5.37. The second-order valence-corrected chi connectivity index (χ2v) is 8.16. The standard InChI is InChI=1S/C28H18N2/c1-2-7-17(8-3-1)20-11-6-12-21-22-14-15-23-25-19-10-5-4-9-18(19)13-16-24(25)29-28(23)27(22)30-26(20)21/h1-10,12-16,20H,11H2. The van der Waals surface area contributed by atoms with Crippen LogP contribution in [-0.2, 0) is 0 Å². The van der Waals surface area contributed by atoms with Gasteiger partial charge in [0.15, 0.2) is 0 Å². The third kappa shape index (κ3) is 2.08. The Morgan fingerprint density at radius 2 is 1.50 bits per heavy atom. The molecule has 0 amide bonds. The van der Waals surface area contributed by atoms with Crippen LogP contribution in [0.1, 0.15) is 17.9 Å². The molecule has 7 rings (SSSR count). The zero-order valence-corrected chi connectivity index (χ0v) is 16.3. The van der Waals surface area contributed by atoms with E-state index in [4.69, 9.17) is 9.98 Å². The third-order valence-corrected chi connectivity index (χ3v) is 6.55. The van der Waals surface area contributed by atoms with E-state index in [9.17, 15) is 0 Å². The first-order valence-corrected chi connectivity index (χ1v) is 10.5. The first-order chi connectivity index (χ1) is 14.9. The Labute approximate surface area is 173 Å². The molecule has 1 unspecified atom stereocenters. The normalized spacial score (nSPS) is 17.8. The molecule has 2 heterocycles. The van der Waals surface area contributed by atoms with Gasteiger partial charge in [-0.05, 0) is 28.8 Å². The summed E-state index contributed by atoms with van der Waals surface area (Å²) in [6, 6.07) is 28.1. The second kappa shape index (κ2) is 5.87. The fraction of sp³-hybridized carbons (Fsp3) is 0.0714. The van der Waals surface area contributed by atoms with Crippen molar-refractivity contribution in [3.8, 4) is 0 Å². The summed E-state index contributed by atoms with van der Waals surface area (Å²) >= 11 is 0. The van der Waals surface area contributed by atoms with Gasteiger partial charge in [-0.15, -0.1) is 0 Å². The van der Waals surface area contributed by atoms with Crippen molar-refractivity contribution in [3.05, 3.63) is 118 Å². The van der Waals surface area contributed by atoms with Crippen molar-refractivity contribution in [1.82, 2.24) is 0 Å². The van der Waals surface area contributed by atoms with Gasteiger partial charge in [-0.2, -0.15) is 0 Å². The van der Waals surface area contributed by atoms with Crippen LogP contribution in [0, 0.1) is 10.4 Å². The topological polar surface area (TPSA) is 24.7 Å². The highest BCUT2D eigenvalue weighted by atomic mass is 14.9. The molecule has 2 nitrogen and oxygen atoms in total. The summed E-state index contributed by atoms with van der Waals surface area (Å²) < 4.78 is 0. The monoisotopic (exact) mass is 382 g/mol. The Balaban J connectivity index is 1.55. The highest BCUT2D eigenvalue weighted by Gasteiger charge is 2.29. The minimum Gasteiger partial charge on any atom is -0.249 e. The summed E-state index contributed by atoms with van der Waals surface area (Å²) in [6.45, 7) is 0. The van der Waals surface area contributed by atoms with Gasteiger partial charge < -0.3 is 0 Å². The highest BCUT2D eigenvalue weighted by Crippen LogP contribution is 2.39. The molecular formula is C28H18N2. The van der Waals surface area contributed by atoms with Gasteiger partial charge in [0.05, 0.1) is 22.4 Å². The highest BCUT2D eigenvalue weighted by molar-refractivity contribution is 6.29. The van der Waals surface area contributed by atoms with Gasteiger partial charge in [-0.25, -0.2) is 9.98 Å². The molecule has 2 aliphatic heterocycles. The molecule has 0 aromatic heterocycles. The van der Waals surface area contributed by atoms with Gasteiger partial charge in [0.1, 0.15) is 0 Å². The fourth-order valence-electron chi connectivity index (χ4n) is 5.15. The smallest absolute Gasteiger partial charge is 0.0979 e. The maximum Gasteiger partial charge on any atom is 0.0979 e. The van der Waals surface area contributed by atoms with Crippen molar-refractivity contribution in [1.29, 1.82) is 0 Å². The van der Waals surface area contributed by atoms with Crippen LogP contribution in [0.5, 0.6) is 0 Å². The zero-order chi connectivity index (χ0) is 19.7. The lowest BCUT2D eigenvalue weighted by Gasteiger charge is -2.20. The number of rotatable bonds is 1. The minimum absolute atomic E-state index is 0.304. The van der Waals surface area contributed by atoms with E-state index in [0.29, 0.717) is 5.92 Å². The van der Waals surface area contributed by atoms with Crippen molar-refractivity contribution < 1.29 is 0 Å². The molecule has 0 saturated carbocycles. The predicted molar refractivity (Wildman–Crippen MR) is 122 cm³/mol. The van der Waals surface area contributed by atoms with Crippen molar-refractivity contribution in [2.24, 2.45) is 9.98 Å². The summed E-state index contributed by atoms with van der Waals surface area (Å²) in [5.74, 6) is 0.304. The van der Waals surface area contributed by atoms with Gasteiger partial charge in [-0.1, -0.05) is 84.9 Å². The lowest BCUT2D eigenvalue weighted by Crippen LogP contribution is -2.17. The van der Waals surface area contributed by atoms with E-state index in [1.807, 2.05) is 0 Å². The first-order valence-electron chi connectivity index (χ1n) is 10.5. The lowest BCUT2D eigenvalue weighted by atomic mass is 9.83. The lowest BCUT2D eigenvalue weighted by molar-refractivity contribution is 0.906. The summed E-state index contributed by atoms with van der Waals surface area (Å²) in [4.78, 5) is 10.2. The molecule has 0 bridgehead atoms. The Morgan fingerprint density at radius 1 is 0.700 bits per heavy atom. The van der Waals surface area contributed by atoms with Crippen molar-refractivity contribution in [3.63, 3.8) is 0 Å². The number of fused-ring (bicyclic) bond motifs is 7. The summed E-state index contributed by atoms with van der Waals surface area (Å²) in [5.41, 5.74) is 5.82. The molecule has 3 aliphatic rings. The van der Waals surface area contributed by atoms with E-state index in [-0.39, 0.29) is 0 Å². The Bertz CT molecular complexity index is 1660. The van der Waals surface area contributed by atoms with E-state index >= 15 is 0 Å². The van der Waals surface area contributed by atoms with Crippen molar-refractivity contribution >= 4 is 33.4 Å². The van der Waals surface area contributed by atoms with Crippen LogP contribution < -0.4 is 10.6 Å². The molecule has 0 N–H and O–H groups in total.